The zero-order valence-electron chi connectivity index (χ0n) is 17.3. The fourth-order valence-electron chi connectivity index (χ4n) is 5.47. The van der Waals surface area contributed by atoms with Gasteiger partial charge in [-0.25, -0.2) is 4.39 Å². The zero-order valence-corrected chi connectivity index (χ0v) is 17.3. The van der Waals surface area contributed by atoms with Gasteiger partial charge in [-0.2, -0.15) is 0 Å². The van der Waals surface area contributed by atoms with Gasteiger partial charge < -0.3 is 10.2 Å². The van der Waals surface area contributed by atoms with Crippen molar-refractivity contribution in [2.24, 2.45) is 17.3 Å². The van der Waals surface area contributed by atoms with Crippen molar-refractivity contribution in [2.75, 3.05) is 6.61 Å². The number of hydrogen-bond acceptors (Lipinski definition) is 2. The number of halogens is 1. The molecule has 0 bridgehead atoms. The predicted molar refractivity (Wildman–Crippen MR) is 114 cm³/mol. The SMILES string of the molecule is C=C1/C(=C\C=C2/CCCC3(C)C(C(C)/C=C/CCO)=CCC23)CC(O)CC1F. The summed E-state index contributed by atoms with van der Waals surface area (Å²) in [5.41, 5.74) is 4.54. The molecule has 2 N–H and O–H groups in total. The molecule has 5 atom stereocenters. The quantitative estimate of drug-likeness (QED) is 0.604. The number of hydrogen-bond donors (Lipinski definition) is 2. The smallest absolute Gasteiger partial charge is 0.127 e. The fourth-order valence-corrected chi connectivity index (χ4v) is 5.47. The van der Waals surface area contributed by atoms with Crippen LogP contribution in [0.5, 0.6) is 0 Å². The number of alkyl halides is 1. The first-order valence-corrected chi connectivity index (χ1v) is 10.8. The highest BCUT2D eigenvalue weighted by Crippen LogP contribution is 2.56. The second-order valence-corrected chi connectivity index (χ2v) is 8.97. The Morgan fingerprint density at radius 1 is 1.39 bits per heavy atom. The predicted octanol–water partition coefficient (Wildman–Crippen LogP) is 5.60. The molecule has 0 aromatic heterocycles. The lowest BCUT2D eigenvalue weighted by Crippen LogP contribution is -2.32. The van der Waals surface area contributed by atoms with Crippen LogP contribution in [0.3, 0.4) is 0 Å². The Morgan fingerprint density at radius 3 is 2.93 bits per heavy atom. The first kappa shape index (κ1) is 21.3. The van der Waals surface area contributed by atoms with Gasteiger partial charge in [0.25, 0.3) is 0 Å². The molecular weight excluding hydrogens is 351 g/mol. The van der Waals surface area contributed by atoms with E-state index in [9.17, 15) is 9.50 Å². The molecule has 0 radical (unpaired) electrons. The number of aliphatic hydroxyl groups excluding tert-OH is 2. The van der Waals surface area contributed by atoms with Crippen LogP contribution in [0, 0.1) is 17.3 Å². The van der Waals surface area contributed by atoms with E-state index in [1.807, 2.05) is 6.08 Å². The largest absolute Gasteiger partial charge is 0.396 e. The van der Waals surface area contributed by atoms with Gasteiger partial charge in [0.2, 0.25) is 0 Å². The molecular formula is C25H35FO2. The molecule has 3 rings (SSSR count). The van der Waals surface area contributed by atoms with E-state index < -0.39 is 12.3 Å². The highest BCUT2D eigenvalue weighted by atomic mass is 19.1. The third-order valence-corrected chi connectivity index (χ3v) is 7.05. The molecule has 28 heavy (non-hydrogen) atoms. The Bertz CT molecular complexity index is 714. The Labute approximate surface area is 169 Å². The monoisotopic (exact) mass is 386 g/mol. The molecule has 0 heterocycles. The van der Waals surface area contributed by atoms with Gasteiger partial charge in [-0.3, -0.25) is 0 Å². The fraction of sp³-hybridized carbons (Fsp3) is 0.600. The van der Waals surface area contributed by atoms with Crippen molar-refractivity contribution >= 4 is 0 Å². The van der Waals surface area contributed by atoms with Gasteiger partial charge in [0.15, 0.2) is 0 Å². The van der Waals surface area contributed by atoms with E-state index in [1.165, 1.54) is 24.0 Å². The second-order valence-electron chi connectivity index (χ2n) is 8.97. The Balaban J connectivity index is 1.78. The third kappa shape index (κ3) is 4.26. The molecule has 3 aliphatic rings. The number of allylic oxidation sites excluding steroid dienone is 7. The maximum atomic E-state index is 14.0. The molecule has 0 saturated heterocycles. The Morgan fingerprint density at radius 2 is 2.18 bits per heavy atom. The van der Waals surface area contributed by atoms with E-state index >= 15 is 0 Å². The lowest BCUT2D eigenvalue weighted by atomic mass is 9.62. The first-order chi connectivity index (χ1) is 13.4. The lowest BCUT2D eigenvalue weighted by Gasteiger charge is -2.42. The topological polar surface area (TPSA) is 40.5 Å². The lowest BCUT2D eigenvalue weighted by molar-refractivity contribution is 0.124. The van der Waals surface area contributed by atoms with Crippen molar-refractivity contribution in [1.82, 2.24) is 0 Å². The van der Waals surface area contributed by atoms with Gasteiger partial charge in [0.1, 0.15) is 6.17 Å². The number of rotatable bonds is 5. The van der Waals surface area contributed by atoms with Crippen LogP contribution in [0.15, 0.2) is 59.3 Å². The summed E-state index contributed by atoms with van der Waals surface area (Å²) in [5.74, 6) is 0.893. The summed E-state index contributed by atoms with van der Waals surface area (Å²) in [6, 6.07) is 0. The van der Waals surface area contributed by atoms with E-state index in [1.54, 1.807) is 0 Å². The number of fused-ring (bicyclic) bond motifs is 1. The van der Waals surface area contributed by atoms with Gasteiger partial charge in [-0.1, -0.05) is 62.0 Å². The molecule has 5 unspecified atom stereocenters. The van der Waals surface area contributed by atoms with Gasteiger partial charge in [-0.05, 0) is 66.9 Å². The van der Waals surface area contributed by atoms with Crippen molar-refractivity contribution in [3.05, 3.63) is 59.3 Å². The average molecular weight is 387 g/mol. The van der Waals surface area contributed by atoms with Crippen LogP contribution in [0.1, 0.15) is 58.8 Å². The minimum atomic E-state index is -1.13. The minimum absolute atomic E-state index is 0.169. The summed E-state index contributed by atoms with van der Waals surface area (Å²) >= 11 is 0. The molecule has 0 spiro atoms. The molecule has 154 valence electrons. The maximum Gasteiger partial charge on any atom is 0.127 e. The molecule has 3 aliphatic carbocycles. The maximum absolute atomic E-state index is 14.0. The highest BCUT2D eigenvalue weighted by molar-refractivity contribution is 5.40. The Hall–Kier alpha value is -1.45. The average Bonchev–Trinajstić information content (AvgIpc) is 3.01. The van der Waals surface area contributed by atoms with Crippen molar-refractivity contribution in [3.63, 3.8) is 0 Å². The van der Waals surface area contributed by atoms with Crippen LogP contribution in [-0.4, -0.2) is 29.1 Å². The van der Waals surface area contributed by atoms with Crippen LogP contribution < -0.4 is 0 Å². The summed E-state index contributed by atoms with van der Waals surface area (Å²) < 4.78 is 14.0. The molecule has 2 fully saturated rings. The first-order valence-electron chi connectivity index (χ1n) is 10.8. The van der Waals surface area contributed by atoms with Crippen molar-refractivity contribution < 1.29 is 14.6 Å². The highest BCUT2D eigenvalue weighted by Gasteiger charge is 2.45. The molecule has 0 aromatic rings. The van der Waals surface area contributed by atoms with Crippen LogP contribution in [0.2, 0.25) is 0 Å². The third-order valence-electron chi connectivity index (χ3n) is 7.05. The molecule has 0 aliphatic heterocycles. The summed E-state index contributed by atoms with van der Waals surface area (Å²) in [7, 11) is 0. The zero-order chi connectivity index (χ0) is 20.3. The summed E-state index contributed by atoms with van der Waals surface area (Å²) in [6.07, 6.45) is 15.1. The van der Waals surface area contributed by atoms with Gasteiger partial charge in [-0.15, -0.1) is 0 Å². The van der Waals surface area contributed by atoms with E-state index in [2.05, 4.69) is 44.7 Å². The van der Waals surface area contributed by atoms with E-state index in [0.29, 0.717) is 30.3 Å². The summed E-state index contributed by atoms with van der Waals surface area (Å²) in [5, 5.41) is 18.9. The number of aliphatic hydroxyl groups is 2. The normalized spacial score (nSPS) is 37.5. The van der Waals surface area contributed by atoms with Gasteiger partial charge in [0, 0.05) is 13.0 Å². The van der Waals surface area contributed by atoms with E-state index in [4.69, 9.17) is 5.11 Å². The van der Waals surface area contributed by atoms with Gasteiger partial charge >= 0.3 is 0 Å². The summed E-state index contributed by atoms with van der Waals surface area (Å²) in [6.45, 7) is 8.75. The van der Waals surface area contributed by atoms with Crippen molar-refractivity contribution in [1.29, 1.82) is 0 Å². The van der Waals surface area contributed by atoms with Crippen LogP contribution >= 0.6 is 0 Å². The molecule has 0 amide bonds. The summed E-state index contributed by atoms with van der Waals surface area (Å²) in [4.78, 5) is 0. The molecule has 0 aromatic carbocycles. The Kier molecular flexibility index (Phi) is 6.77. The van der Waals surface area contributed by atoms with Crippen LogP contribution in [0.4, 0.5) is 4.39 Å². The van der Waals surface area contributed by atoms with Crippen LogP contribution in [0.25, 0.3) is 0 Å². The van der Waals surface area contributed by atoms with E-state index in [-0.39, 0.29) is 18.4 Å². The van der Waals surface area contributed by atoms with Crippen LogP contribution in [-0.2, 0) is 0 Å². The van der Waals surface area contributed by atoms with Crippen molar-refractivity contribution in [2.45, 2.75) is 71.1 Å². The van der Waals surface area contributed by atoms with E-state index in [0.717, 1.165) is 18.4 Å². The second kappa shape index (κ2) is 8.92. The standard InChI is InChI=1S/C25H35FO2/c1-17(7-4-5-14-27)22-11-12-23-19(8-6-13-25(22,23)3)9-10-20-15-21(28)16-24(26)18(20)2/h4,7,9-11,17,21,23-24,27-28H,2,5-6,8,12-16H2,1,3H3/b7-4+,19-9+,20-10-. The molecule has 2 saturated carbocycles. The minimum Gasteiger partial charge on any atom is -0.396 e. The van der Waals surface area contributed by atoms with Gasteiger partial charge in [0.05, 0.1) is 6.10 Å². The molecule has 3 heteroatoms. The van der Waals surface area contributed by atoms with Crippen molar-refractivity contribution in [3.8, 4) is 0 Å². The molecule has 2 nitrogen and oxygen atoms in total.